The topological polar surface area (TPSA) is 91.4 Å². The van der Waals surface area contributed by atoms with Gasteiger partial charge in [0.2, 0.25) is 0 Å². The highest BCUT2D eigenvalue weighted by Gasteiger charge is 2.33. The van der Waals surface area contributed by atoms with E-state index in [0.717, 1.165) is 60.4 Å². The van der Waals surface area contributed by atoms with Gasteiger partial charge in [-0.3, -0.25) is 0 Å². The molecule has 3 N–H and O–H groups in total. The Morgan fingerprint density at radius 3 is 2.56 bits per heavy atom. The number of piperidine rings is 1. The largest absolute Gasteiger partial charge is 0.444 e. The molecule has 4 rings (SSSR count). The zero-order valence-corrected chi connectivity index (χ0v) is 21.7. The Hall–Kier alpha value is -2.23. The third kappa shape index (κ3) is 6.46. The second-order valence-corrected chi connectivity index (χ2v) is 11.5. The van der Waals surface area contributed by atoms with Gasteiger partial charge in [0.05, 0.1) is 29.1 Å². The van der Waals surface area contributed by atoms with E-state index in [1.807, 2.05) is 45.2 Å². The maximum Gasteiger partial charge on any atom is 0.408 e. The summed E-state index contributed by atoms with van der Waals surface area (Å²) in [4.78, 5) is 24.6. The number of benzene rings is 1. The molecule has 2 saturated heterocycles. The van der Waals surface area contributed by atoms with Crippen LogP contribution in [0.1, 0.15) is 40.5 Å². The van der Waals surface area contributed by atoms with Crippen molar-refractivity contribution >= 4 is 41.0 Å². The smallest absolute Gasteiger partial charge is 0.408 e. The second-order valence-electron chi connectivity index (χ2n) is 10.1. The molecule has 1 aromatic heterocycles. The predicted octanol–water partition coefficient (Wildman–Crippen LogP) is 4.55. The number of hydrogen-bond donors (Lipinski definition) is 3. The molecule has 1 amide bonds. The minimum absolute atomic E-state index is 0.298. The van der Waals surface area contributed by atoms with Gasteiger partial charge in [0.1, 0.15) is 16.4 Å². The third-order valence-electron chi connectivity index (χ3n) is 5.93. The Labute approximate surface area is 210 Å². The van der Waals surface area contributed by atoms with E-state index < -0.39 is 5.60 Å². The van der Waals surface area contributed by atoms with Crippen molar-refractivity contribution < 1.29 is 9.53 Å². The van der Waals surface area contributed by atoms with Gasteiger partial charge in [0, 0.05) is 36.6 Å². The lowest BCUT2D eigenvalue weighted by Crippen LogP contribution is -2.54. The standard InChI is InChI=1S/C24H33ClN6O2S/c1-23(2,3)33-22(32)30-24(4)8-10-31(11-9-24)19-14-28-20(15-27-19)34-18-7-5-6-17(21(18)25)29-16-12-26-13-16/h5-7,14-16,26,29H,8-13H2,1-4H3,(H,30,32). The first-order valence-electron chi connectivity index (χ1n) is 11.6. The van der Waals surface area contributed by atoms with Crippen LogP contribution >= 0.6 is 23.4 Å². The van der Waals surface area contributed by atoms with Gasteiger partial charge in [-0.15, -0.1) is 0 Å². The fourth-order valence-corrected chi connectivity index (χ4v) is 4.93. The number of alkyl carbamates (subject to hydrolysis) is 1. The molecule has 3 heterocycles. The molecule has 0 saturated carbocycles. The van der Waals surface area contributed by atoms with Gasteiger partial charge in [0.25, 0.3) is 0 Å². The SMILES string of the molecule is CC1(NC(=O)OC(C)(C)C)CCN(c2cnc(Sc3cccc(NC4CNC4)c3Cl)cn2)CC1. The van der Waals surface area contributed by atoms with Gasteiger partial charge in [-0.1, -0.05) is 29.4 Å². The van der Waals surface area contributed by atoms with Crippen molar-refractivity contribution in [3.05, 3.63) is 35.6 Å². The Kier molecular flexibility index (Phi) is 7.45. The highest BCUT2D eigenvalue weighted by atomic mass is 35.5. The second kappa shape index (κ2) is 10.2. The van der Waals surface area contributed by atoms with Crippen LogP contribution in [-0.4, -0.2) is 59.4 Å². The first-order valence-corrected chi connectivity index (χ1v) is 12.8. The van der Waals surface area contributed by atoms with Crippen LogP contribution in [0.5, 0.6) is 0 Å². The van der Waals surface area contributed by atoms with Crippen LogP contribution < -0.4 is 20.9 Å². The number of carbonyl (C=O) groups is 1. The van der Waals surface area contributed by atoms with Crippen LogP contribution in [0, 0.1) is 0 Å². The molecule has 0 radical (unpaired) electrons. The summed E-state index contributed by atoms with van der Waals surface area (Å²) >= 11 is 8.14. The number of aromatic nitrogens is 2. The maximum atomic E-state index is 12.2. The summed E-state index contributed by atoms with van der Waals surface area (Å²) in [5, 5.41) is 11.3. The lowest BCUT2D eigenvalue weighted by molar-refractivity contribution is 0.0448. The molecule has 2 aromatic rings. The van der Waals surface area contributed by atoms with Crippen LogP contribution in [0.2, 0.25) is 5.02 Å². The molecule has 10 heteroatoms. The Morgan fingerprint density at radius 1 is 1.24 bits per heavy atom. The number of anilines is 2. The predicted molar refractivity (Wildman–Crippen MR) is 137 cm³/mol. The highest BCUT2D eigenvalue weighted by Crippen LogP contribution is 2.37. The summed E-state index contributed by atoms with van der Waals surface area (Å²) in [6, 6.07) is 6.42. The maximum absolute atomic E-state index is 12.2. The summed E-state index contributed by atoms with van der Waals surface area (Å²) in [5.41, 5.74) is 0.138. The molecule has 0 unspecified atom stereocenters. The average molecular weight is 505 g/mol. The molecule has 0 atom stereocenters. The molecule has 1 aromatic carbocycles. The third-order valence-corrected chi connectivity index (χ3v) is 7.43. The van der Waals surface area contributed by atoms with E-state index >= 15 is 0 Å². The summed E-state index contributed by atoms with van der Waals surface area (Å²) < 4.78 is 5.42. The molecular formula is C24H33ClN6O2S. The van der Waals surface area contributed by atoms with Gasteiger partial charge in [-0.25, -0.2) is 14.8 Å². The molecule has 34 heavy (non-hydrogen) atoms. The fourth-order valence-electron chi connectivity index (χ4n) is 3.85. The van der Waals surface area contributed by atoms with Crippen LogP contribution in [-0.2, 0) is 4.74 Å². The molecular weight excluding hydrogens is 472 g/mol. The van der Waals surface area contributed by atoms with E-state index in [9.17, 15) is 4.79 Å². The summed E-state index contributed by atoms with van der Waals surface area (Å²) in [7, 11) is 0. The van der Waals surface area contributed by atoms with Crippen molar-refractivity contribution in [3.8, 4) is 0 Å². The van der Waals surface area contributed by atoms with Crippen molar-refractivity contribution in [2.75, 3.05) is 36.4 Å². The molecule has 0 aliphatic carbocycles. The minimum atomic E-state index is -0.507. The summed E-state index contributed by atoms with van der Waals surface area (Å²) in [6.45, 7) is 11.1. The lowest BCUT2D eigenvalue weighted by Gasteiger charge is -2.40. The number of rotatable bonds is 6. The Balaban J connectivity index is 1.32. The van der Waals surface area contributed by atoms with Crippen molar-refractivity contribution in [2.45, 2.75) is 67.6 Å². The van der Waals surface area contributed by atoms with Crippen LogP contribution in [0.4, 0.5) is 16.3 Å². The zero-order valence-electron chi connectivity index (χ0n) is 20.2. The van der Waals surface area contributed by atoms with Crippen LogP contribution in [0.15, 0.2) is 40.5 Å². The van der Waals surface area contributed by atoms with E-state index in [4.69, 9.17) is 16.3 Å². The van der Waals surface area contributed by atoms with E-state index in [1.54, 1.807) is 6.20 Å². The average Bonchev–Trinajstić information content (AvgIpc) is 2.72. The normalized spacial score (nSPS) is 18.2. The number of ether oxygens (including phenoxy) is 1. The Bertz CT molecular complexity index is 1000. The van der Waals surface area contributed by atoms with Crippen molar-refractivity contribution in [3.63, 3.8) is 0 Å². The van der Waals surface area contributed by atoms with Crippen molar-refractivity contribution in [2.24, 2.45) is 0 Å². The van der Waals surface area contributed by atoms with E-state index in [-0.39, 0.29) is 11.6 Å². The van der Waals surface area contributed by atoms with Crippen molar-refractivity contribution in [1.29, 1.82) is 0 Å². The highest BCUT2D eigenvalue weighted by molar-refractivity contribution is 7.99. The molecule has 2 aliphatic rings. The molecule has 184 valence electrons. The van der Waals surface area contributed by atoms with Gasteiger partial charge >= 0.3 is 6.09 Å². The van der Waals surface area contributed by atoms with Crippen molar-refractivity contribution in [1.82, 2.24) is 20.6 Å². The summed E-state index contributed by atoms with van der Waals surface area (Å²) in [5.74, 6) is 0.836. The van der Waals surface area contributed by atoms with Crippen LogP contribution in [0.3, 0.4) is 0 Å². The first kappa shape index (κ1) is 24.9. The van der Waals surface area contributed by atoms with Gasteiger partial charge in [-0.05, 0) is 52.7 Å². The minimum Gasteiger partial charge on any atom is -0.444 e. The Morgan fingerprint density at radius 2 is 1.97 bits per heavy atom. The van der Waals surface area contributed by atoms with E-state index in [1.165, 1.54) is 11.8 Å². The quantitative estimate of drug-likeness (QED) is 0.527. The number of amides is 1. The van der Waals surface area contributed by atoms with Gasteiger partial charge in [-0.2, -0.15) is 0 Å². The van der Waals surface area contributed by atoms with E-state index in [0.29, 0.717) is 11.1 Å². The molecule has 8 nitrogen and oxygen atoms in total. The molecule has 2 fully saturated rings. The molecule has 2 aliphatic heterocycles. The number of nitrogens with one attached hydrogen (secondary N) is 3. The number of halogens is 1. The molecule has 0 bridgehead atoms. The van der Waals surface area contributed by atoms with Gasteiger partial charge in [0.15, 0.2) is 0 Å². The summed E-state index contributed by atoms with van der Waals surface area (Å²) in [6.07, 6.45) is 4.83. The first-order chi connectivity index (χ1) is 16.1. The monoisotopic (exact) mass is 504 g/mol. The van der Waals surface area contributed by atoms with Crippen LogP contribution in [0.25, 0.3) is 0 Å². The lowest BCUT2D eigenvalue weighted by atomic mass is 9.90. The zero-order chi connectivity index (χ0) is 24.3. The van der Waals surface area contributed by atoms with E-state index in [2.05, 4.69) is 37.7 Å². The number of carbonyl (C=O) groups excluding carboxylic acids is 1. The fraction of sp³-hybridized carbons (Fsp3) is 0.542. The number of hydrogen-bond acceptors (Lipinski definition) is 8. The molecule has 0 spiro atoms. The number of nitrogens with zero attached hydrogens (tertiary/aromatic N) is 3. The van der Waals surface area contributed by atoms with Gasteiger partial charge < -0.3 is 25.6 Å².